The summed E-state index contributed by atoms with van der Waals surface area (Å²) in [4.78, 5) is 12.0. The average Bonchev–Trinajstić information content (AvgIpc) is 2.68. The minimum atomic E-state index is 0.385. The largest absolute Gasteiger partial charge is 0.299 e. The van der Waals surface area contributed by atoms with Crippen molar-refractivity contribution >= 4 is 5.78 Å². The van der Waals surface area contributed by atoms with Crippen molar-refractivity contribution in [1.82, 2.24) is 0 Å². The van der Waals surface area contributed by atoms with Crippen molar-refractivity contribution in [3.8, 4) is 0 Å². The fraction of sp³-hybridized carbons (Fsp3) is 0.846. The maximum atomic E-state index is 12.0. The number of ketones is 1. The van der Waals surface area contributed by atoms with Crippen LogP contribution < -0.4 is 0 Å². The number of unbranched alkanes of at least 4 members (excludes halogenated alkanes) is 12. The summed E-state index contributed by atoms with van der Waals surface area (Å²) in [5, 5.41) is 0. The molecule has 27 heavy (non-hydrogen) atoms. The minimum absolute atomic E-state index is 0.385. The second-order valence-electron chi connectivity index (χ2n) is 8.28. The second-order valence-corrected chi connectivity index (χ2v) is 8.28. The van der Waals surface area contributed by atoms with Gasteiger partial charge in [0.2, 0.25) is 0 Å². The predicted octanol–water partition coefficient (Wildman–Crippen LogP) is 9.01. The van der Waals surface area contributed by atoms with Crippen LogP contribution in [0.15, 0.2) is 12.2 Å². The Morgan fingerprint density at radius 2 is 1.19 bits per heavy atom. The molecule has 1 atom stereocenters. The first-order chi connectivity index (χ1) is 13.2. The lowest BCUT2D eigenvalue weighted by Gasteiger charge is -2.12. The van der Waals surface area contributed by atoms with Gasteiger partial charge in [-0.05, 0) is 44.4 Å². The Morgan fingerprint density at radius 3 is 1.74 bits per heavy atom. The highest BCUT2D eigenvalue weighted by Gasteiger charge is 2.11. The van der Waals surface area contributed by atoms with Crippen LogP contribution in [0.25, 0.3) is 0 Å². The number of hydrogen-bond acceptors (Lipinski definition) is 1. The molecule has 0 aliphatic heterocycles. The zero-order valence-electron chi connectivity index (χ0n) is 18.9. The van der Waals surface area contributed by atoms with Crippen molar-refractivity contribution in [2.75, 3.05) is 0 Å². The number of carbonyl (C=O) groups excluding carboxylic acids is 1. The molecule has 0 amide bonds. The van der Waals surface area contributed by atoms with Gasteiger partial charge in [-0.1, -0.05) is 104 Å². The van der Waals surface area contributed by atoms with Gasteiger partial charge in [-0.3, -0.25) is 4.79 Å². The molecule has 1 unspecified atom stereocenters. The van der Waals surface area contributed by atoms with Crippen molar-refractivity contribution in [3.05, 3.63) is 18.6 Å². The van der Waals surface area contributed by atoms with Crippen molar-refractivity contribution < 1.29 is 4.79 Å². The van der Waals surface area contributed by atoms with Crippen LogP contribution in [0, 0.1) is 12.3 Å². The van der Waals surface area contributed by atoms with E-state index in [1.165, 1.54) is 96.3 Å². The lowest BCUT2D eigenvalue weighted by atomic mass is 9.92. The summed E-state index contributed by atoms with van der Waals surface area (Å²) in [5.74, 6) is 0.899. The fourth-order valence-electron chi connectivity index (χ4n) is 3.59. The van der Waals surface area contributed by atoms with Gasteiger partial charge in [0.1, 0.15) is 5.78 Å². The molecule has 0 aliphatic rings. The number of carbonyl (C=O) groups is 1. The van der Waals surface area contributed by atoms with Crippen LogP contribution in [0.5, 0.6) is 0 Å². The molecule has 0 fully saturated rings. The summed E-state index contributed by atoms with van der Waals surface area (Å²) in [5.41, 5.74) is 0. The summed E-state index contributed by atoms with van der Waals surface area (Å²) in [6.07, 6.45) is 29.4. The third kappa shape index (κ3) is 20.0. The molecule has 0 saturated heterocycles. The first-order valence-corrected chi connectivity index (χ1v) is 12.3. The summed E-state index contributed by atoms with van der Waals surface area (Å²) in [7, 11) is 0. The van der Waals surface area contributed by atoms with E-state index in [1.54, 1.807) is 0 Å². The molecular formula is C26H49O. The van der Waals surface area contributed by atoms with E-state index < -0.39 is 0 Å². The Bertz CT molecular complexity index is 331. The van der Waals surface area contributed by atoms with Gasteiger partial charge in [0, 0.05) is 12.8 Å². The number of allylic oxidation sites excluding steroid dienone is 2. The smallest absolute Gasteiger partial charge is 0.136 e. The summed E-state index contributed by atoms with van der Waals surface area (Å²) < 4.78 is 0. The molecule has 0 saturated carbocycles. The molecule has 0 heterocycles. The van der Waals surface area contributed by atoms with Crippen LogP contribution >= 0.6 is 0 Å². The standard InChI is InChI=1S/C26H49O/c1-4-7-9-10-11-12-13-14-15-16-17-18-19-20-21-23-26(27)24-25(6-3)22-8-5-2/h14-15,24-25H,4-13,16-23H2,1-3H3/b15-14-. The normalized spacial score (nSPS) is 12.7. The zero-order valence-corrected chi connectivity index (χ0v) is 18.9. The van der Waals surface area contributed by atoms with Crippen LogP contribution in [0.4, 0.5) is 0 Å². The molecule has 1 nitrogen and oxygen atoms in total. The molecule has 1 radical (unpaired) electrons. The van der Waals surface area contributed by atoms with E-state index in [9.17, 15) is 4.79 Å². The van der Waals surface area contributed by atoms with Gasteiger partial charge in [0.25, 0.3) is 0 Å². The Balaban J connectivity index is 3.36. The maximum Gasteiger partial charge on any atom is 0.136 e. The quantitative estimate of drug-likeness (QED) is 0.144. The Morgan fingerprint density at radius 1 is 0.667 bits per heavy atom. The van der Waals surface area contributed by atoms with E-state index in [1.807, 2.05) is 6.42 Å². The van der Waals surface area contributed by atoms with Gasteiger partial charge < -0.3 is 0 Å². The van der Waals surface area contributed by atoms with Gasteiger partial charge in [-0.2, -0.15) is 0 Å². The third-order valence-corrected chi connectivity index (χ3v) is 5.56. The van der Waals surface area contributed by atoms with Crippen LogP contribution in [0.1, 0.15) is 136 Å². The molecular weight excluding hydrogens is 328 g/mol. The van der Waals surface area contributed by atoms with Gasteiger partial charge in [0.05, 0.1) is 0 Å². The van der Waals surface area contributed by atoms with E-state index in [0.29, 0.717) is 11.7 Å². The van der Waals surface area contributed by atoms with Crippen LogP contribution in [0.3, 0.4) is 0 Å². The first-order valence-electron chi connectivity index (χ1n) is 12.3. The average molecular weight is 378 g/mol. The Labute approximate surface area is 171 Å². The molecule has 159 valence electrons. The summed E-state index contributed by atoms with van der Waals surface area (Å²) >= 11 is 0. The lowest BCUT2D eigenvalue weighted by molar-refractivity contribution is -0.116. The molecule has 0 spiro atoms. The minimum Gasteiger partial charge on any atom is -0.299 e. The second kappa shape index (κ2) is 21.7. The Hall–Kier alpha value is -0.590. The highest BCUT2D eigenvalue weighted by molar-refractivity contribution is 5.87. The molecule has 0 aromatic carbocycles. The van der Waals surface area contributed by atoms with Crippen LogP contribution in [-0.4, -0.2) is 5.78 Å². The van der Waals surface area contributed by atoms with Crippen LogP contribution in [0.2, 0.25) is 0 Å². The molecule has 0 rings (SSSR count). The van der Waals surface area contributed by atoms with E-state index in [0.717, 1.165) is 19.3 Å². The van der Waals surface area contributed by atoms with Gasteiger partial charge in [0.15, 0.2) is 0 Å². The fourth-order valence-corrected chi connectivity index (χ4v) is 3.59. The van der Waals surface area contributed by atoms with Crippen molar-refractivity contribution in [3.63, 3.8) is 0 Å². The highest BCUT2D eigenvalue weighted by Crippen LogP contribution is 2.18. The number of hydrogen-bond donors (Lipinski definition) is 0. The monoisotopic (exact) mass is 377 g/mol. The van der Waals surface area contributed by atoms with E-state index in [2.05, 4.69) is 32.9 Å². The van der Waals surface area contributed by atoms with Crippen molar-refractivity contribution in [2.45, 2.75) is 136 Å². The highest BCUT2D eigenvalue weighted by atomic mass is 16.1. The van der Waals surface area contributed by atoms with Gasteiger partial charge in [-0.15, -0.1) is 0 Å². The van der Waals surface area contributed by atoms with E-state index >= 15 is 0 Å². The van der Waals surface area contributed by atoms with Crippen molar-refractivity contribution in [1.29, 1.82) is 0 Å². The summed E-state index contributed by atoms with van der Waals surface area (Å²) in [6, 6.07) is 0. The maximum absolute atomic E-state index is 12.0. The molecule has 0 N–H and O–H groups in total. The Kier molecular flexibility index (Phi) is 21.2. The SMILES string of the molecule is CCCCCCCC/C=C\CCCCCCCC(=O)[CH]C(CC)CCCC. The molecule has 0 aromatic rings. The first kappa shape index (κ1) is 26.4. The zero-order chi connectivity index (χ0) is 20.0. The molecule has 0 aliphatic carbocycles. The predicted molar refractivity (Wildman–Crippen MR) is 122 cm³/mol. The van der Waals surface area contributed by atoms with Crippen LogP contribution in [-0.2, 0) is 4.79 Å². The lowest BCUT2D eigenvalue weighted by Crippen LogP contribution is -2.09. The summed E-state index contributed by atoms with van der Waals surface area (Å²) in [6.45, 7) is 6.70. The van der Waals surface area contributed by atoms with Gasteiger partial charge >= 0.3 is 0 Å². The van der Waals surface area contributed by atoms with E-state index in [4.69, 9.17) is 0 Å². The number of rotatable bonds is 21. The molecule has 1 heteroatoms. The molecule has 0 bridgehead atoms. The van der Waals surface area contributed by atoms with Gasteiger partial charge in [-0.25, -0.2) is 0 Å². The third-order valence-electron chi connectivity index (χ3n) is 5.56. The topological polar surface area (TPSA) is 17.1 Å². The van der Waals surface area contributed by atoms with E-state index in [-0.39, 0.29) is 0 Å². The molecule has 0 aromatic heterocycles. The van der Waals surface area contributed by atoms with Crippen molar-refractivity contribution in [2.24, 2.45) is 5.92 Å². The number of Topliss-reactive ketones (excluding diaryl/α,β-unsaturated/α-hetero) is 1.